The van der Waals surface area contributed by atoms with E-state index in [1.807, 2.05) is 0 Å². The van der Waals surface area contributed by atoms with Crippen molar-refractivity contribution in [3.8, 4) is 0 Å². The van der Waals surface area contributed by atoms with Crippen LogP contribution < -0.4 is 11.1 Å². The van der Waals surface area contributed by atoms with Gasteiger partial charge in [0.15, 0.2) is 0 Å². The maximum atomic E-state index is 11.8. The zero-order valence-corrected chi connectivity index (χ0v) is 12.3. The Hall–Kier alpha value is -0.610. The number of rotatable bonds is 6. The predicted octanol–water partition coefficient (Wildman–Crippen LogP) is 1.83. The van der Waals surface area contributed by atoms with Gasteiger partial charge in [-0.1, -0.05) is 13.8 Å². The minimum absolute atomic E-state index is 0.216. The molecule has 2 fully saturated rings. The average molecular weight is 268 g/mol. The van der Waals surface area contributed by atoms with Crippen LogP contribution in [0.25, 0.3) is 0 Å². The molecule has 0 heterocycles. The van der Waals surface area contributed by atoms with Crippen LogP contribution >= 0.6 is 0 Å². The standard InChI is InChI=1S/C15H28N2O2/c1-15(2)10-13(15)14(18)17-8-3-9-19-12-6-4-11(16)5-7-12/h11-13H,3-10,16H2,1-2H3,(H,17,18). The first-order valence-corrected chi connectivity index (χ1v) is 7.64. The summed E-state index contributed by atoms with van der Waals surface area (Å²) in [5.74, 6) is 0.446. The highest BCUT2D eigenvalue weighted by Gasteiger charge is 2.50. The lowest BCUT2D eigenvalue weighted by molar-refractivity contribution is -0.123. The minimum Gasteiger partial charge on any atom is -0.378 e. The summed E-state index contributed by atoms with van der Waals surface area (Å²) in [6.45, 7) is 5.77. The fraction of sp³-hybridized carbons (Fsp3) is 0.933. The third kappa shape index (κ3) is 4.46. The Balaban J connectivity index is 1.47. The first-order valence-electron chi connectivity index (χ1n) is 7.64. The summed E-state index contributed by atoms with van der Waals surface area (Å²) in [6.07, 6.45) is 6.65. The molecule has 0 spiro atoms. The summed E-state index contributed by atoms with van der Waals surface area (Å²) in [7, 11) is 0. The van der Waals surface area contributed by atoms with Crippen LogP contribution in [-0.4, -0.2) is 31.2 Å². The Morgan fingerprint density at radius 1 is 1.32 bits per heavy atom. The molecule has 110 valence electrons. The van der Waals surface area contributed by atoms with Crippen molar-refractivity contribution in [2.24, 2.45) is 17.1 Å². The Labute approximate surface area is 116 Å². The molecule has 1 atom stereocenters. The number of hydrogen-bond donors (Lipinski definition) is 2. The number of carbonyl (C=O) groups excluding carboxylic acids is 1. The zero-order chi connectivity index (χ0) is 13.9. The molecule has 4 nitrogen and oxygen atoms in total. The van der Waals surface area contributed by atoms with Crippen LogP contribution in [0, 0.1) is 11.3 Å². The summed E-state index contributed by atoms with van der Waals surface area (Å²) < 4.78 is 5.82. The summed E-state index contributed by atoms with van der Waals surface area (Å²) in [5, 5.41) is 3.01. The first kappa shape index (κ1) is 14.8. The number of amides is 1. The highest BCUT2D eigenvalue weighted by atomic mass is 16.5. The third-order valence-electron chi connectivity index (χ3n) is 4.52. The van der Waals surface area contributed by atoms with Crippen molar-refractivity contribution in [2.45, 2.75) is 64.5 Å². The Kier molecular flexibility index (Phi) is 4.85. The molecule has 2 aliphatic carbocycles. The predicted molar refractivity (Wildman–Crippen MR) is 75.7 cm³/mol. The van der Waals surface area contributed by atoms with Crippen molar-refractivity contribution in [2.75, 3.05) is 13.2 Å². The van der Waals surface area contributed by atoms with E-state index in [1.54, 1.807) is 0 Å². The van der Waals surface area contributed by atoms with Crippen LogP contribution in [-0.2, 0) is 9.53 Å². The molecule has 4 heteroatoms. The van der Waals surface area contributed by atoms with Crippen molar-refractivity contribution in [1.29, 1.82) is 0 Å². The number of nitrogens with one attached hydrogen (secondary N) is 1. The van der Waals surface area contributed by atoms with E-state index < -0.39 is 0 Å². The second-order valence-electron chi connectivity index (χ2n) is 6.80. The molecule has 3 N–H and O–H groups in total. The zero-order valence-electron chi connectivity index (χ0n) is 12.3. The van der Waals surface area contributed by atoms with Gasteiger partial charge in [0.05, 0.1) is 6.10 Å². The highest BCUT2D eigenvalue weighted by Crippen LogP contribution is 2.51. The molecule has 0 saturated heterocycles. The van der Waals surface area contributed by atoms with Gasteiger partial charge in [0.2, 0.25) is 5.91 Å². The van der Waals surface area contributed by atoms with Crippen molar-refractivity contribution in [1.82, 2.24) is 5.32 Å². The van der Waals surface area contributed by atoms with Crippen LogP contribution in [0.2, 0.25) is 0 Å². The Bertz CT molecular complexity index is 309. The maximum absolute atomic E-state index is 11.8. The van der Waals surface area contributed by atoms with E-state index in [1.165, 1.54) is 0 Å². The highest BCUT2D eigenvalue weighted by molar-refractivity contribution is 5.82. The SMILES string of the molecule is CC1(C)CC1C(=O)NCCCOC1CCC(N)CC1. The lowest BCUT2D eigenvalue weighted by atomic mass is 9.94. The van der Waals surface area contributed by atoms with Gasteiger partial charge in [-0.3, -0.25) is 4.79 Å². The van der Waals surface area contributed by atoms with Crippen LogP contribution in [0.3, 0.4) is 0 Å². The van der Waals surface area contributed by atoms with E-state index in [0.29, 0.717) is 12.1 Å². The summed E-state index contributed by atoms with van der Waals surface area (Å²) >= 11 is 0. The lowest BCUT2D eigenvalue weighted by Crippen LogP contribution is -2.31. The number of nitrogens with two attached hydrogens (primary N) is 1. The minimum atomic E-state index is 0.216. The monoisotopic (exact) mass is 268 g/mol. The Morgan fingerprint density at radius 2 is 1.95 bits per heavy atom. The Morgan fingerprint density at radius 3 is 2.53 bits per heavy atom. The summed E-state index contributed by atoms with van der Waals surface area (Å²) in [6, 6.07) is 0.376. The van der Waals surface area contributed by atoms with Gasteiger partial charge in [-0.25, -0.2) is 0 Å². The van der Waals surface area contributed by atoms with Gasteiger partial charge < -0.3 is 15.8 Å². The lowest BCUT2D eigenvalue weighted by Gasteiger charge is -2.26. The molecule has 0 aromatic carbocycles. The van der Waals surface area contributed by atoms with E-state index in [9.17, 15) is 4.79 Å². The fourth-order valence-corrected chi connectivity index (χ4v) is 2.83. The van der Waals surface area contributed by atoms with Gasteiger partial charge in [0.1, 0.15) is 0 Å². The molecule has 0 aliphatic heterocycles. The molecule has 0 aromatic heterocycles. The topological polar surface area (TPSA) is 64.3 Å². The first-order chi connectivity index (χ1) is 8.99. The molecule has 2 aliphatic rings. The van der Waals surface area contributed by atoms with Gasteiger partial charge in [-0.05, 0) is 43.9 Å². The van der Waals surface area contributed by atoms with Gasteiger partial charge in [-0.15, -0.1) is 0 Å². The molecule has 0 bridgehead atoms. The average Bonchev–Trinajstić information content (AvgIpc) is 3.00. The molecule has 0 aromatic rings. The van der Waals surface area contributed by atoms with E-state index in [-0.39, 0.29) is 17.2 Å². The van der Waals surface area contributed by atoms with Crippen molar-refractivity contribution in [3.05, 3.63) is 0 Å². The van der Waals surface area contributed by atoms with Crippen LogP contribution in [0.5, 0.6) is 0 Å². The maximum Gasteiger partial charge on any atom is 0.223 e. The van der Waals surface area contributed by atoms with E-state index in [0.717, 1.165) is 51.7 Å². The van der Waals surface area contributed by atoms with Gasteiger partial charge in [-0.2, -0.15) is 0 Å². The summed E-state index contributed by atoms with van der Waals surface area (Å²) in [5.41, 5.74) is 6.08. The fourth-order valence-electron chi connectivity index (χ4n) is 2.83. The van der Waals surface area contributed by atoms with Gasteiger partial charge >= 0.3 is 0 Å². The number of hydrogen-bond acceptors (Lipinski definition) is 3. The van der Waals surface area contributed by atoms with E-state index >= 15 is 0 Å². The molecular weight excluding hydrogens is 240 g/mol. The third-order valence-corrected chi connectivity index (χ3v) is 4.52. The van der Waals surface area contributed by atoms with Crippen LogP contribution in [0.15, 0.2) is 0 Å². The van der Waals surface area contributed by atoms with Gasteiger partial charge in [0, 0.05) is 25.1 Å². The van der Waals surface area contributed by atoms with Crippen LogP contribution in [0.4, 0.5) is 0 Å². The normalized spacial score (nSPS) is 32.9. The molecule has 0 radical (unpaired) electrons. The molecule has 19 heavy (non-hydrogen) atoms. The largest absolute Gasteiger partial charge is 0.378 e. The van der Waals surface area contributed by atoms with E-state index in [2.05, 4.69) is 19.2 Å². The van der Waals surface area contributed by atoms with Crippen molar-refractivity contribution >= 4 is 5.91 Å². The quantitative estimate of drug-likeness (QED) is 0.722. The number of carbonyl (C=O) groups is 1. The second-order valence-corrected chi connectivity index (χ2v) is 6.80. The van der Waals surface area contributed by atoms with Crippen LogP contribution in [0.1, 0.15) is 52.4 Å². The molecule has 1 unspecified atom stereocenters. The molecule has 1 amide bonds. The molecule has 2 saturated carbocycles. The summed E-state index contributed by atoms with van der Waals surface area (Å²) in [4.78, 5) is 11.8. The second kappa shape index (κ2) is 6.23. The van der Waals surface area contributed by atoms with Crippen molar-refractivity contribution in [3.63, 3.8) is 0 Å². The smallest absolute Gasteiger partial charge is 0.223 e. The number of ether oxygens (including phenoxy) is 1. The van der Waals surface area contributed by atoms with Gasteiger partial charge in [0.25, 0.3) is 0 Å². The van der Waals surface area contributed by atoms with E-state index in [4.69, 9.17) is 10.5 Å². The molecular formula is C15H28N2O2. The molecule has 2 rings (SSSR count). The van der Waals surface area contributed by atoms with Crippen molar-refractivity contribution < 1.29 is 9.53 Å².